The Balaban J connectivity index is 2.76. The number of imidazole rings is 1. The number of H-pyrrole nitrogens is 1. The first kappa shape index (κ1) is 9.68. The van der Waals surface area contributed by atoms with E-state index in [1.165, 1.54) is 0 Å². The van der Waals surface area contributed by atoms with Crippen LogP contribution in [-0.2, 0) is 5.33 Å². The third-order valence-corrected chi connectivity index (χ3v) is 2.80. The number of alkyl halides is 1. The molecule has 2 rings (SSSR count). The number of nitrogens with one attached hydrogen (secondary N) is 1. The van der Waals surface area contributed by atoms with Crippen LogP contribution in [0.2, 0.25) is 0 Å². The van der Waals surface area contributed by atoms with E-state index >= 15 is 0 Å². The predicted octanol–water partition coefficient (Wildman–Crippen LogP) is 2.84. The van der Waals surface area contributed by atoms with Crippen LogP contribution in [0.5, 0.6) is 0 Å². The molecule has 0 saturated carbocycles. The van der Waals surface area contributed by atoms with Crippen LogP contribution in [0, 0.1) is 0 Å². The van der Waals surface area contributed by atoms with Gasteiger partial charge in [0.15, 0.2) is 0 Å². The molecule has 0 atom stereocenters. The minimum atomic E-state index is -0.482. The van der Waals surface area contributed by atoms with Crippen molar-refractivity contribution in [2.75, 3.05) is 0 Å². The second-order valence-corrected chi connectivity index (χ2v) is 3.75. The average Bonchev–Trinajstić information content (AvgIpc) is 2.63. The number of rotatable bonds is 2. The fourth-order valence-electron chi connectivity index (χ4n) is 1.34. The zero-order valence-corrected chi connectivity index (χ0v) is 9.39. The molecule has 0 unspecified atom stereocenters. The van der Waals surface area contributed by atoms with E-state index in [4.69, 9.17) is 11.6 Å². The topological polar surface area (TPSA) is 45.8 Å². The number of carbonyl (C=O) groups excluding carboxylic acids is 1. The smallest absolute Gasteiger partial charge is 0.254 e. The molecule has 0 spiro atoms. The van der Waals surface area contributed by atoms with Gasteiger partial charge in [0.2, 0.25) is 0 Å². The van der Waals surface area contributed by atoms with Gasteiger partial charge in [0.1, 0.15) is 5.52 Å². The number of benzene rings is 1. The molecule has 1 heterocycles. The highest BCUT2D eigenvalue weighted by atomic mass is 79.9. The molecule has 14 heavy (non-hydrogen) atoms. The van der Waals surface area contributed by atoms with Crippen molar-refractivity contribution in [3.63, 3.8) is 0 Å². The molecule has 0 aliphatic carbocycles. The minimum Gasteiger partial charge on any atom is -0.345 e. The standard InChI is InChI=1S/C9H6BrClN2O/c10-3-5-1-6(9(11)14)8-7(2-5)12-4-13-8/h1-2,4H,3H2,(H,12,13). The molecule has 0 bridgehead atoms. The molecule has 0 radical (unpaired) electrons. The Hall–Kier alpha value is -0.870. The summed E-state index contributed by atoms with van der Waals surface area (Å²) >= 11 is 8.79. The zero-order valence-electron chi connectivity index (χ0n) is 7.05. The van der Waals surface area contributed by atoms with E-state index in [9.17, 15) is 4.79 Å². The second-order valence-electron chi connectivity index (χ2n) is 2.85. The summed E-state index contributed by atoms with van der Waals surface area (Å²) in [5.74, 6) is 0. The minimum absolute atomic E-state index is 0.444. The average molecular weight is 274 g/mol. The number of halogens is 2. The molecule has 0 saturated heterocycles. The highest BCUT2D eigenvalue weighted by Crippen LogP contribution is 2.20. The molecule has 3 nitrogen and oxygen atoms in total. The zero-order chi connectivity index (χ0) is 10.1. The van der Waals surface area contributed by atoms with E-state index in [2.05, 4.69) is 25.9 Å². The molecule has 0 amide bonds. The van der Waals surface area contributed by atoms with Crippen LogP contribution in [0.4, 0.5) is 0 Å². The SMILES string of the molecule is O=C(Cl)c1cc(CBr)cc2[nH]cnc12. The lowest BCUT2D eigenvalue weighted by molar-refractivity contribution is 0.108. The summed E-state index contributed by atoms with van der Waals surface area (Å²) in [5.41, 5.74) is 2.88. The first-order chi connectivity index (χ1) is 6.72. The Morgan fingerprint density at radius 3 is 3.00 bits per heavy atom. The Kier molecular flexibility index (Phi) is 2.56. The van der Waals surface area contributed by atoms with Crippen LogP contribution < -0.4 is 0 Å². The highest BCUT2D eigenvalue weighted by molar-refractivity contribution is 9.08. The number of aromatic amines is 1. The summed E-state index contributed by atoms with van der Waals surface area (Å²) in [4.78, 5) is 18.1. The molecular formula is C9H6BrClN2O. The third kappa shape index (κ3) is 1.55. The molecule has 0 aliphatic rings. The molecule has 5 heteroatoms. The van der Waals surface area contributed by atoms with Crippen molar-refractivity contribution in [1.82, 2.24) is 9.97 Å². The summed E-state index contributed by atoms with van der Waals surface area (Å²) in [7, 11) is 0. The number of nitrogens with zero attached hydrogens (tertiary/aromatic N) is 1. The summed E-state index contributed by atoms with van der Waals surface area (Å²) in [6, 6.07) is 3.67. The van der Waals surface area contributed by atoms with Crippen molar-refractivity contribution in [3.05, 3.63) is 29.6 Å². The predicted molar refractivity (Wildman–Crippen MR) is 58.9 cm³/mol. The van der Waals surface area contributed by atoms with E-state index in [-0.39, 0.29) is 0 Å². The van der Waals surface area contributed by atoms with Crippen LogP contribution in [0.3, 0.4) is 0 Å². The molecule has 2 aromatic rings. The van der Waals surface area contributed by atoms with Crippen molar-refractivity contribution in [3.8, 4) is 0 Å². The summed E-state index contributed by atoms with van der Waals surface area (Å²) in [6.07, 6.45) is 1.55. The van der Waals surface area contributed by atoms with E-state index < -0.39 is 5.24 Å². The van der Waals surface area contributed by atoms with E-state index in [1.807, 2.05) is 6.07 Å². The molecule has 72 valence electrons. The van der Waals surface area contributed by atoms with Gasteiger partial charge in [-0.1, -0.05) is 15.9 Å². The van der Waals surface area contributed by atoms with E-state index in [1.54, 1.807) is 12.4 Å². The highest BCUT2D eigenvalue weighted by Gasteiger charge is 2.11. The molecule has 1 aromatic heterocycles. The summed E-state index contributed by atoms with van der Waals surface area (Å²) < 4.78 is 0. The summed E-state index contributed by atoms with van der Waals surface area (Å²) in [6.45, 7) is 0. The fraction of sp³-hybridized carbons (Fsp3) is 0.111. The first-order valence-corrected chi connectivity index (χ1v) is 5.44. The van der Waals surface area contributed by atoms with Gasteiger partial charge in [0.25, 0.3) is 5.24 Å². The maximum atomic E-state index is 11.1. The lowest BCUT2D eigenvalue weighted by Crippen LogP contribution is -1.93. The molecule has 0 aliphatic heterocycles. The maximum Gasteiger partial charge on any atom is 0.254 e. The number of carbonyl (C=O) groups is 1. The van der Waals surface area contributed by atoms with Gasteiger partial charge in [0, 0.05) is 5.33 Å². The number of fused-ring (bicyclic) bond motifs is 1. The van der Waals surface area contributed by atoms with Gasteiger partial charge >= 0.3 is 0 Å². The van der Waals surface area contributed by atoms with Crippen molar-refractivity contribution in [2.45, 2.75) is 5.33 Å². The number of hydrogen-bond acceptors (Lipinski definition) is 2. The van der Waals surface area contributed by atoms with Gasteiger partial charge in [-0.2, -0.15) is 0 Å². The van der Waals surface area contributed by atoms with Crippen molar-refractivity contribution in [1.29, 1.82) is 0 Å². The molecule has 1 aromatic carbocycles. The van der Waals surface area contributed by atoms with Gasteiger partial charge in [-0.25, -0.2) is 4.98 Å². The van der Waals surface area contributed by atoms with Gasteiger partial charge in [-0.15, -0.1) is 0 Å². The maximum absolute atomic E-state index is 11.1. The lowest BCUT2D eigenvalue weighted by Gasteiger charge is -1.99. The van der Waals surface area contributed by atoms with Crippen LogP contribution >= 0.6 is 27.5 Å². The van der Waals surface area contributed by atoms with Crippen molar-refractivity contribution >= 4 is 43.8 Å². The van der Waals surface area contributed by atoms with Crippen molar-refractivity contribution < 1.29 is 4.79 Å². The Labute approximate surface area is 93.6 Å². The number of aromatic nitrogens is 2. The Morgan fingerprint density at radius 2 is 2.36 bits per heavy atom. The van der Waals surface area contributed by atoms with Crippen LogP contribution in [0.15, 0.2) is 18.5 Å². The van der Waals surface area contributed by atoms with Gasteiger partial charge in [0.05, 0.1) is 17.4 Å². The fourth-order valence-corrected chi connectivity index (χ4v) is 1.80. The largest absolute Gasteiger partial charge is 0.345 e. The Morgan fingerprint density at radius 1 is 1.57 bits per heavy atom. The van der Waals surface area contributed by atoms with Crippen LogP contribution in [-0.4, -0.2) is 15.2 Å². The van der Waals surface area contributed by atoms with Gasteiger partial charge < -0.3 is 4.98 Å². The molecular weight excluding hydrogens is 267 g/mol. The normalized spacial score (nSPS) is 10.7. The summed E-state index contributed by atoms with van der Waals surface area (Å²) in [5, 5.41) is 0.198. The molecule has 1 N–H and O–H groups in total. The quantitative estimate of drug-likeness (QED) is 0.675. The third-order valence-electron chi connectivity index (χ3n) is 1.95. The second kappa shape index (κ2) is 3.71. The van der Waals surface area contributed by atoms with Crippen LogP contribution in [0.1, 0.15) is 15.9 Å². The lowest BCUT2D eigenvalue weighted by atomic mass is 10.1. The molecule has 0 fully saturated rings. The van der Waals surface area contributed by atoms with Crippen molar-refractivity contribution in [2.24, 2.45) is 0 Å². The van der Waals surface area contributed by atoms with E-state index in [0.29, 0.717) is 16.4 Å². The Bertz CT molecular complexity index is 495. The number of hydrogen-bond donors (Lipinski definition) is 1. The van der Waals surface area contributed by atoms with Crippen LogP contribution in [0.25, 0.3) is 11.0 Å². The first-order valence-electron chi connectivity index (χ1n) is 3.94. The van der Waals surface area contributed by atoms with Gasteiger partial charge in [-0.3, -0.25) is 4.79 Å². The van der Waals surface area contributed by atoms with Gasteiger partial charge in [-0.05, 0) is 29.3 Å². The monoisotopic (exact) mass is 272 g/mol. The van der Waals surface area contributed by atoms with E-state index in [0.717, 1.165) is 11.1 Å².